The van der Waals surface area contributed by atoms with Gasteiger partial charge in [0.2, 0.25) is 0 Å². The molecule has 0 saturated carbocycles. The van der Waals surface area contributed by atoms with Crippen LogP contribution in [0.4, 0.5) is 0 Å². The third-order valence-corrected chi connectivity index (χ3v) is 3.89. The van der Waals surface area contributed by atoms with Crippen LogP contribution in [0.3, 0.4) is 0 Å². The second-order valence-corrected chi connectivity index (χ2v) is 7.52. The van der Waals surface area contributed by atoms with Crippen molar-refractivity contribution in [1.82, 2.24) is 15.6 Å². The molecule has 1 aromatic heterocycles. The standard InChI is InChI=1S/C15H28N4S/c1-12-11-19-13(20-12)7-10-18-14(16-5)17-9-6-8-15(2,3)4/h11H,6-10H2,1-5H3,(H2,16,17,18). The topological polar surface area (TPSA) is 49.3 Å². The number of aryl methyl sites for hydroxylation is 1. The monoisotopic (exact) mass is 296 g/mol. The Bertz CT molecular complexity index is 418. The second-order valence-electron chi connectivity index (χ2n) is 6.20. The summed E-state index contributed by atoms with van der Waals surface area (Å²) in [5.41, 5.74) is 0.404. The molecule has 0 aliphatic rings. The number of hydrogen-bond acceptors (Lipinski definition) is 3. The largest absolute Gasteiger partial charge is 0.356 e. The van der Waals surface area contributed by atoms with Gasteiger partial charge in [-0.1, -0.05) is 20.8 Å². The minimum absolute atomic E-state index is 0.404. The Morgan fingerprint density at radius 2 is 2.00 bits per heavy atom. The van der Waals surface area contributed by atoms with Gasteiger partial charge in [0.05, 0.1) is 5.01 Å². The summed E-state index contributed by atoms with van der Waals surface area (Å²) in [7, 11) is 1.81. The first kappa shape index (κ1) is 17.0. The number of nitrogens with zero attached hydrogens (tertiary/aromatic N) is 2. The molecule has 1 heterocycles. The molecule has 0 unspecified atom stereocenters. The Balaban J connectivity index is 2.17. The highest BCUT2D eigenvalue weighted by Crippen LogP contribution is 2.19. The zero-order valence-corrected chi connectivity index (χ0v) is 14.2. The smallest absolute Gasteiger partial charge is 0.190 e. The molecule has 0 aromatic carbocycles. The molecule has 0 aliphatic carbocycles. The van der Waals surface area contributed by atoms with Gasteiger partial charge >= 0.3 is 0 Å². The molecule has 1 aromatic rings. The van der Waals surface area contributed by atoms with E-state index in [-0.39, 0.29) is 0 Å². The van der Waals surface area contributed by atoms with Crippen LogP contribution in [-0.4, -0.2) is 31.1 Å². The Hall–Kier alpha value is -1.10. The third kappa shape index (κ3) is 7.48. The zero-order valence-electron chi connectivity index (χ0n) is 13.4. The quantitative estimate of drug-likeness (QED) is 0.482. The van der Waals surface area contributed by atoms with Crippen LogP contribution in [0.5, 0.6) is 0 Å². The van der Waals surface area contributed by atoms with Crippen molar-refractivity contribution in [1.29, 1.82) is 0 Å². The van der Waals surface area contributed by atoms with Crippen molar-refractivity contribution in [3.63, 3.8) is 0 Å². The maximum atomic E-state index is 4.36. The lowest BCUT2D eigenvalue weighted by Crippen LogP contribution is -2.38. The number of hydrogen-bond donors (Lipinski definition) is 2. The number of thiazole rings is 1. The molecule has 0 spiro atoms. The Kier molecular flexibility index (Phi) is 6.99. The van der Waals surface area contributed by atoms with Crippen LogP contribution in [-0.2, 0) is 6.42 Å². The van der Waals surface area contributed by atoms with E-state index in [1.807, 2.05) is 13.2 Å². The molecule has 0 bridgehead atoms. The second kappa shape index (κ2) is 8.25. The van der Waals surface area contributed by atoms with Crippen molar-refractivity contribution in [3.8, 4) is 0 Å². The van der Waals surface area contributed by atoms with Gasteiger partial charge < -0.3 is 10.6 Å². The first-order valence-corrected chi connectivity index (χ1v) is 8.08. The first-order chi connectivity index (χ1) is 9.40. The van der Waals surface area contributed by atoms with Crippen molar-refractivity contribution >= 4 is 17.3 Å². The van der Waals surface area contributed by atoms with Crippen LogP contribution in [0.15, 0.2) is 11.2 Å². The van der Waals surface area contributed by atoms with Crippen LogP contribution in [0.25, 0.3) is 0 Å². The lowest BCUT2D eigenvalue weighted by Gasteiger charge is -2.18. The van der Waals surface area contributed by atoms with E-state index in [4.69, 9.17) is 0 Å². The number of nitrogens with one attached hydrogen (secondary N) is 2. The highest BCUT2D eigenvalue weighted by molar-refractivity contribution is 7.11. The van der Waals surface area contributed by atoms with Crippen molar-refractivity contribution in [2.45, 2.75) is 47.0 Å². The van der Waals surface area contributed by atoms with Gasteiger partial charge in [-0.3, -0.25) is 4.99 Å². The Morgan fingerprint density at radius 3 is 2.55 bits per heavy atom. The van der Waals surface area contributed by atoms with Gasteiger partial charge in [-0.2, -0.15) is 0 Å². The number of guanidine groups is 1. The molecular weight excluding hydrogens is 268 g/mol. The first-order valence-electron chi connectivity index (χ1n) is 7.26. The average molecular weight is 296 g/mol. The van der Waals surface area contributed by atoms with E-state index in [9.17, 15) is 0 Å². The summed E-state index contributed by atoms with van der Waals surface area (Å²) >= 11 is 1.76. The lowest BCUT2D eigenvalue weighted by molar-refractivity contribution is 0.365. The highest BCUT2D eigenvalue weighted by atomic mass is 32.1. The SMILES string of the molecule is CN=C(NCCCC(C)(C)C)NCCc1ncc(C)s1. The van der Waals surface area contributed by atoms with E-state index in [2.05, 4.69) is 48.3 Å². The summed E-state index contributed by atoms with van der Waals surface area (Å²) in [4.78, 5) is 9.86. The van der Waals surface area contributed by atoms with Gasteiger partial charge in [-0.05, 0) is 25.2 Å². The van der Waals surface area contributed by atoms with E-state index in [0.717, 1.165) is 31.9 Å². The van der Waals surface area contributed by atoms with E-state index in [0.29, 0.717) is 5.41 Å². The number of aromatic nitrogens is 1. The minimum Gasteiger partial charge on any atom is -0.356 e. The molecule has 0 saturated heterocycles. The fourth-order valence-corrected chi connectivity index (χ4v) is 2.64. The van der Waals surface area contributed by atoms with E-state index in [1.165, 1.54) is 16.3 Å². The van der Waals surface area contributed by atoms with E-state index < -0.39 is 0 Å². The minimum atomic E-state index is 0.404. The molecule has 114 valence electrons. The van der Waals surface area contributed by atoms with Gasteiger partial charge in [0.25, 0.3) is 0 Å². The van der Waals surface area contributed by atoms with Crippen molar-refractivity contribution in [2.24, 2.45) is 10.4 Å². The number of rotatable bonds is 6. The van der Waals surface area contributed by atoms with Gasteiger partial charge in [0.1, 0.15) is 0 Å². The summed E-state index contributed by atoms with van der Waals surface area (Å²) in [6.45, 7) is 10.7. The van der Waals surface area contributed by atoms with Gasteiger partial charge in [0, 0.05) is 37.6 Å². The van der Waals surface area contributed by atoms with Crippen LogP contribution in [0.1, 0.15) is 43.5 Å². The average Bonchev–Trinajstić information content (AvgIpc) is 2.77. The zero-order chi connectivity index (χ0) is 15.0. The Labute approximate surface area is 127 Å². The van der Waals surface area contributed by atoms with Crippen molar-refractivity contribution in [2.75, 3.05) is 20.1 Å². The summed E-state index contributed by atoms with van der Waals surface area (Å²) in [5, 5.41) is 7.86. The molecule has 4 nitrogen and oxygen atoms in total. The molecule has 20 heavy (non-hydrogen) atoms. The van der Waals surface area contributed by atoms with Crippen LogP contribution in [0, 0.1) is 12.3 Å². The molecule has 5 heteroatoms. The number of aliphatic imine (C=N–C) groups is 1. The molecular formula is C15H28N4S. The fourth-order valence-electron chi connectivity index (χ4n) is 1.85. The summed E-state index contributed by atoms with van der Waals surface area (Å²) in [6, 6.07) is 0. The fraction of sp³-hybridized carbons (Fsp3) is 0.733. The van der Waals surface area contributed by atoms with Crippen LogP contribution in [0.2, 0.25) is 0 Å². The molecule has 0 radical (unpaired) electrons. The van der Waals surface area contributed by atoms with Crippen molar-refractivity contribution < 1.29 is 0 Å². The maximum Gasteiger partial charge on any atom is 0.190 e. The molecule has 0 atom stereocenters. The molecule has 1 rings (SSSR count). The predicted octanol–water partition coefficient (Wildman–Crippen LogP) is 2.99. The normalized spacial score (nSPS) is 12.6. The third-order valence-electron chi connectivity index (χ3n) is 2.92. The molecule has 2 N–H and O–H groups in total. The Morgan fingerprint density at radius 1 is 1.30 bits per heavy atom. The highest BCUT2D eigenvalue weighted by Gasteiger charge is 2.09. The van der Waals surface area contributed by atoms with E-state index in [1.54, 1.807) is 11.3 Å². The van der Waals surface area contributed by atoms with Gasteiger partial charge in [-0.25, -0.2) is 4.98 Å². The summed E-state index contributed by atoms with van der Waals surface area (Å²) in [5.74, 6) is 0.882. The lowest BCUT2D eigenvalue weighted by atomic mass is 9.91. The molecule has 0 aliphatic heterocycles. The summed E-state index contributed by atoms with van der Waals surface area (Å²) < 4.78 is 0. The predicted molar refractivity (Wildman–Crippen MR) is 88.6 cm³/mol. The molecule has 0 amide bonds. The van der Waals surface area contributed by atoms with Crippen molar-refractivity contribution in [3.05, 3.63) is 16.1 Å². The molecule has 0 fully saturated rings. The summed E-state index contributed by atoms with van der Waals surface area (Å²) in [6.07, 6.45) is 5.26. The van der Waals surface area contributed by atoms with Crippen LogP contribution >= 0.6 is 11.3 Å². The van der Waals surface area contributed by atoms with Gasteiger partial charge in [0.15, 0.2) is 5.96 Å². The van der Waals surface area contributed by atoms with Crippen LogP contribution < -0.4 is 10.6 Å². The maximum absolute atomic E-state index is 4.36. The van der Waals surface area contributed by atoms with E-state index >= 15 is 0 Å². The van der Waals surface area contributed by atoms with Gasteiger partial charge in [-0.15, -0.1) is 11.3 Å².